The van der Waals surface area contributed by atoms with E-state index in [1.807, 2.05) is 0 Å². The SMILES string of the molecule is CC(C)=CC(=O)c1ccccc1OC(F)(F)C(F)F. The van der Waals surface area contributed by atoms with Crippen LogP contribution < -0.4 is 4.74 Å². The molecule has 0 heterocycles. The third-order valence-electron chi connectivity index (χ3n) is 2.07. The van der Waals surface area contributed by atoms with Crippen LogP contribution >= 0.6 is 0 Å². The first-order valence-electron chi connectivity index (χ1n) is 5.37. The van der Waals surface area contributed by atoms with E-state index in [-0.39, 0.29) is 5.56 Å². The second-order valence-electron chi connectivity index (χ2n) is 4.05. The van der Waals surface area contributed by atoms with E-state index in [4.69, 9.17) is 0 Å². The lowest BCUT2D eigenvalue weighted by molar-refractivity contribution is -0.253. The number of carbonyl (C=O) groups is 1. The molecule has 1 aromatic rings. The van der Waals surface area contributed by atoms with Crippen molar-refractivity contribution in [2.24, 2.45) is 0 Å². The van der Waals surface area contributed by atoms with Gasteiger partial charge in [-0.05, 0) is 32.1 Å². The molecular weight excluding hydrogens is 264 g/mol. The van der Waals surface area contributed by atoms with Crippen LogP contribution in [-0.4, -0.2) is 18.3 Å². The number of allylic oxidation sites excluding steroid dienone is 2. The van der Waals surface area contributed by atoms with Gasteiger partial charge in [0, 0.05) is 0 Å². The van der Waals surface area contributed by atoms with E-state index in [1.54, 1.807) is 13.8 Å². The number of para-hydroxylation sites is 1. The molecule has 0 saturated carbocycles. The second kappa shape index (κ2) is 5.86. The van der Waals surface area contributed by atoms with Crippen LogP contribution in [0.4, 0.5) is 17.6 Å². The Kier molecular flexibility index (Phi) is 4.69. The molecule has 6 heteroatoms. The molecule has 0 amide bonds. The molecule has 0 atom stereocenters. The molecule has 1 aromatic carbocycles. The molecule has 0 aromatic heterocycles. The summed E-state index contributed by atoms with van der Waals surface area (Å²) in [4.78, 5) is 11.7. The van der Waals surface area contributed by atoms with Gasteiger partial charge >= 0.3 is 12.5 Å². The van der Waals surface area contributed by atoms with Gasteiger partial charge in [0.25, 0.3) is 0 Å². The Hall–Kier alpha value is -1.85. The van der Waals surface area contributed by atoms with E-state index in [9.17, 15) is 22.4 Å². The van der Waals surface area contributed by atoms with Crippen LogP contribution in [0.2, 0.25) is 0 Å². The topological polar surface area (TPSA) is 26.3 Å². The van der Waals surface area contributed by atoms with E-state index < -0.39 is 24.1 Å². The van der Waals surface area contributed by atoms with E-state index in [1.165, 1.54) is 24.3 Å². The first kappa shape index (κ1) is 15.2. The van der Waals surface area contributed by atoms with Crippen molar-refractivity contribution in [1.29, 1.82) is 0 Å². The standard InChI is InChI=1S/C13H12F4O2/c1-8(2)7-10(18)9-5-3-4-6-11(9)19-13(16,17)12(14)15/h3-7,12H,1-2H3. The maximum absolute atomic E-state index is 12.8. The molecule has 0 fully saturated rings. The minimum absolute atomic E-state index is 0.191. The Balaban J connectivity index is 3.10. The van der Waals surface area contributed by atoms with E-state index in [0.29, 0.717) is 5.57 Å². The lowest BCUT2D eigenvalue weighted by Crippen LogP contribution is -2.33. The van der Waals surface area contributed by atoms with Gasteiger partial charge in [-0.1, -0.05) is 17.7 Å². The van der Waals surface area contributed by atoms with E-state index in [0.717, 1.165) is 6.07 Å². The van der Waals surface area contributed by atoms with Crippen LogP contribution in [0, 0.1) is 0 Å². The van der Waals surface area contributed by atoms with Gasteiger partial charge in [-0.2, -0.15) is 17.6 Å². The summed E-state index contributed by atoms with van der Waals surface area (Å²) in [5.74, 6) is -1.16. The predicted octanol–water partition coefficient (Wildman–Crippen LogP) is 4.07. The lowest BCUT2D eigenvalue weighted by Gasteiger charge is -2.18. The third-order valence-corrected chi connectivity index (χ3v) is 2.07. The van der Waals surface area contributed by atoms with Crippen LogP contribution in [0.5, 0.6) is 5.75 Å². The fraction of sp³-hybridized carbons (Fsp3) is 0.308. The van der Waals surface area contributed by atoms with Crippen molar-refractivity contribution in [3.05, 3.63) is 41.5 Å². The molecule has 0 unspecified atom stereocenters. The van der Waals surface area contributed by atoms with Gasteiger partial charge in [0.1, 0.15) is 5.75 Å². The van der Waals surface area contributed by atoms with Crippen molar-refractivity contribution in [3.63, 3.8) is 0 Å². The highest BCUT2D eigenvalue weighted by atomic mass is 19.3. The normalized spacial score (nSPS) is 11.3. The largest absolute Gasteiger partial charge is 0.461 e. The molecule has 0 spiro atoms. The minimum atomic E-state index is -4.64. The average molecular weight is 276 g/mol. The average Bonchev–Trinajstić information content (AvgIpc) is 2.27. The number of rotatable bonds is 5. The van der Waals surface area contributed by atoms with Gasteiger partial charge in [0.05, 0.1) is 5.56 Å². The number of benzene rings is 1. The van der Waals surface area contributed by atoms with Crippen LogP contribution in [0.3, 0.4) is 0 Å². The summed E-state index contributed by atoms with van der Waals surface area (Å²) in [6.07, 6.45) is -7.40. The molecule has 0 bridgehead atoms. The fourth-order valence-corrected chi connectivity index (χ4v) is 1.29. The Bertz CT molecular complexity index is 491. The number of halogens is 4. The van der Waals surface area contributed by atoms with Crippen molar-refractivity contribution in [1.82, 2.24) is 0 Å². The highest BCUT2D eigenvalue weighted by molar-refractivity contribution is 6.06. The highest BCUT2D eigenvalue weighted by Gasteiger charge is 2.44. The molecule has 0 N–H and O–H groups in total. The molecule has 104 valence electrons. The van der Waals surface area contributed by atoms with Crippen LogP contribution in [0.25, 0.3) is 0 Å². The van der Waals surface area contributed by atoms with Gasteiger partial charge < -0.3 is 4.74 Å². The van der Waals surface area contributed by atoms with Gasteiger partial charge in [-0.3, -0.25) is 4.79 Å². The first-order valence-corrected chi connectivity index (χ1v) is 5.37. The summed E-state index contributed by atoms with van der Waals surface area (Å²) in [5, 5.41) is 0. The summed E-state index contributed by atoms with van der Waals surface area (Å²) in [7, 11) is 0. The Labute approximate surface area is 107 Å². The predicted molar refractivity (Wildman–Crippen MR) is 61.8 cm³/mol. The molecule has 0 aliphatic rings. The maximum atomic E-state index is 12.8. The molecular formula is C13H12F4O2. The van der Waals surface area contributed by atoms with E-state index >= 15 is 0 Å². The number of hydrogen-bond acceptors (Lipinski definition) is 2. The van der Waals surface area contributed by atoms with Crippen LogP contribution in [0.15, 0.2) is 35.9 Å². The Morgan fingerprint density at radius 1 is 1.26 bits per heavy atom. The van der Waals surface area contributed by atoms with Crippen molar-refractivity contribution in [2.75, 3.05) is 0 Å². The quantitative estimate of drug-likeness (QED) is 0.460. The summed E-state index contributed by atoms with van der Waals surface area (Å²) < 4.78 is 53.8. The zero-order valence-corrected chi connectivity index (χ0v) is 10.3. The van der Waals surface area contributed by atoms with Crippen molar-refractivity contribution < 1.29 is 27.1 Å². The molecule has 19 heavy (non-hydrogen) atoms. The number of hydrogen-bond donors (Lipinski definition) is 0. The molecule has 0 saturated heterocycles. The summed E-state index contributed by atoms with van der Waals surface area (Å²) >= 11 is 0. The first-order chi connectivity index (χ1) is 8.74. The van der Waals surface area contributed by atoms with Gasteiger partial charge in [-0.15, -0.1) is 0 Å². The molecule has 1 rings (SSSR count). The minimum Gasteiger partial charge on any atom is -0.428 e. The van der Waals surface area contributed by atoms with Crippen molar-refractivity contribution in [3.8, 4) is 5.75 Å². The van der Waals surface area contributed by atoms with Crippen molar-refractivity contribution in [2.45, 2.75) is 26.4 Å². The Morgan fingerprint density at radius 3 is 2.37 bits per heavy atom. The van der Waals surface area contributed by atoms with Gasteiger partial charge in [0.15, 0.2) is 5.78 Å². The second-order valence-corrected chi connectivity index (χ2v) is 4.05. The number of alkyl halides is 4. The van der Waals surface area contributed by atoms with E-state index in [2.05, 4.69) is 4.74 Å². The number of ether oxygens (including phenoxy) is 1. The molecule has 0 aliphatic heterocycles. The van der Waals surface area contributed by atoms with Crippen molar-refractivity contribution >= 4 is 5.78 Å². The van der Waals surface area contributed by atoms with Crippen LogP contribution in [-0.2, 0) is 0 Å². The summed E-state index contributed by atoms with van der Waals surface area (Å²) in [6.45, 7) is 3.30. The molecule has 0 radical (unpaired) electrons. The van der Waals surface area contributed by atoms with Gasteiger partial charge in [-0.25, -0.2) is 0 Å². The summed E-state index contributed by atoms with van der Waals surface area (Å²) in [5.41, 5.74) is 0.462. The number of ketones is 1. The molecule has 0 aliphatic carbocycles. The highest BCUT2D eigenvalue weighted by Crippen LogP contribution is 2.30. The van der Waals surface area contributed by atoms with Crippen LogP contribution in [0.1, 0.15) is 24.2 Å². The van der Waals surface area contributed by atoms with Gasteiger partial charge in [0.2, 0.25) is 0 Å². The third kappa shape index (κ3) is 4.08. The zero-order chi connectivity index (χ0) is 14.6. The fourth-order valence-electron chi connectivity index (χ4n) is 1.29. The molecule has 2 nitrogen and oxygen atoms in total. The Morgan fingerprint density at radius 2 is 1.84 bits per heavy atom. The lowest BCUT2D eigenvalue weighted by atomic mass is 10.1. The maximum Gasteiger partial charge on any atom is 0.461 e. The number of carbonyl (C=O) groups excluding carboxylic acids is 1. The smallest absolute Gasteiger partial charge is 0.428 e. The summed E-state index contributed by atoms with van der Waals surface area (Å²) in [6, 6.07) is 5.02. The zero-order valence-electron chi connectivity index (χ0n) is 10.3. The monoisotopic (exact) mass is 276 g/mol.